The van der Waals surface area contributed by atoms with E-state index < -0.39 is 0 Å². The van der Waals surface area contributed by atoms with Gasteiger partial charge in [0.15, 0.2) is 0 Å². The highest BCUT2D eigenvalue weighted by Crippen LogP contribution is 2.46. The van der Waals surface area contributed by atoms with E-state index in [1.807, 2.05) is 12.4 Å². The second-order valence-corrected chi connectivity index (χ2v) is 13.5. The predicted molar refractivity (Wildman–Crippen MR) is 221 cm³/mol. The van der Waals surface area contributed by atoms with Crippen molar-refractivity contribution in [3.05, 3.63) is 200 Å². The largest absolute Gasteiger partial charge is 0.264 e. The first-order valence-electron chi connectivity index (χ1n) is 17.9. The summed E-state index contributed by atoms with van der Waals surface area (Å²) in [7, 11) is 0. The van der Waals surface area contributed by atoms with Gasteiger partial charge in [-0.2, -0.15) is 0 Å². The summed E-state index contributed by atoms with van der Waals surface area (Å²) in [5.74, 6) is 0. The van der Waals surface area contributed by atoms with Gasteiger partial charge in [-0.15, -0.1) is 0 Å². The summed E-state index contributed by atoms with van der Waals surface area (Å²) in [6.07, 6.45) is 3.85. The Hall–Kier alpha value is -6.83. The Labute approximate surface area is 303 Å². The number of pyridine rings is 1. The zero-order valence-corrected chi connectivity index (χ0v) is 28.5. The molecule has 10 aromatic rings. The Bertz CT molecular complexity index is 2940. The molecule has 10 rings (SSSR count). The first kappa shape index (κ1) is 30.0. The van der Waals surface area contributed by atoms with Gasteiger partial charge in [0.1, 0.15) is 0 Å². The second kappa shape index (κ2) is 12.5. The van der Waals surface area contributed by atoms with Crippen molar-refractivity contribution in [3.8, 4) is 55.6 Å². The van der Waals surface area contributed by atoms with E-state index in [1.165, 1.54) is 93.2 Å². The van der Waals surface area contributed by atoms with E-state index in [4.69, 9.17) is 0 Å². The van der Waals surface area contributed by atoms with Gasteiger partial charge in [-0.05, 0) is 117 Å². The Kier molecular flexibility index (Phi) is 7.22. The van der Waals surface area contributed by atoms with Crippen LogP contribution in [0.15, 0.2) is 200 Å². The van der Waals surface area contributed by atoms with Gasteiger partial charge in [0, 0.05) is 18.0 Å². The minimum Gasteiger partial charge on any atom is -0.264 e. The maximum Gasteiger partial charge on any atom is 0.0352 e. The van der Waals surface area contributed by atoms with Crippen molar-refractivity contribution in [1.82, 2.24) is 4.98 Å². The van der Waals surface area contributed by atoms with Crippen molar-refractivity contribution in [3.63, 3.8) is 0 Å². The molecule has 0 unspecified atom stereocenters. The van der Waals surface area contributed by atoms with Crippen molar-refractivity contribution in [1.29, 1.82) is 0 Å². The fourth-order valence-corrected chi connectivity index (χ4v) is 8.01. The topological polar surface area (TPSA) is 12.9 Å². The monoisotopic (exact) mass is 659 g/mol. The Morgan fingerprint density at radius 2 is 0.750 bits per heavy atom. The Balaban J connectivity index is 1.19. The Morgan fingerprint density at radius 3 is 1.40 bits per heavy atom. The summed E-state index contributed by atoms with van der Waals surface area (Å²) in [4.78, 5) is 4.46. The molecule has 0 saturated carbocycles. The van der Waals surface area contributed by atoms with Gasteiger partial charge in [-0.3, -0.25) is 4.98 Å². The molecule has 0 amide bonds. The lowest BCUT2D eigenvalue weighted by Gasteiger charge is -2.19. The van der Waals surface area contributed by atoms with Crippen molar-refractivity contribution >= 4 is 43.1 Å². The fraction of sp³-hybridized carbons (Fsp3) is 0. The standard InChI is InChI=1S/C51H33N/c1-2-12-37(13-3-1)49-33-52-29-28-44(49)38-22-18-36(19-23-38)41-26-27-47-48(32-41)51(43-25-21-35-11-5-7-15-40(35)31-43)46-17-9-8-16-45(46)50(47)42-24-20-34-10-4-6-14-39(34)30-42/h1-33H. The van der Waals surface area contributed by atoms with Crippen LogP contribution in [0.4, 0.5) is 0 Å². The number of fused-ring (bicyclic) bond motifs is 4. The van der Waals surface area contributed by atoms with Crippen LogP contribution in [0.25, 0.3) is 98.7 Å². The first-order valence-corrected chi connectivity index (χ1v) is 17.9. The molecule has 0 saturated heterocycles. The van der Waals surface area contributed by atoms with E-state index in [1.54, 1.807) is 0 Å². The molecule has 0 aliphatic carbocycles. The lowest BCUT2D eigenvalue weighted by molar-refractivity contribution is 1.33. The number of nitrogens with zero attached hydrogens (tertiary/aromatic N) is 1. The number of benzene rings is 9. The quantitative estimate of drug-likeness (QED) is 0.168. The number of aromatic nitrogens is 1. The third kappa shape index (κ3) is 5.14. The van der Waals surface area contributed by atoms with Crippen LogP contribution in [-0.2, 0) is 0 Å². The smallest absolute Gasteiger partial charge is 0.0352 e. The molecule has 0 fully saturated rings. The van der Waals surface area contributed by atoms with Crippen molar-refractivity contribution in [2.45, 2.75) is 0 Å². The van der Waals surface area contributed by atoms with Crippen molar-refractivity contribution in [2.75, 3.05) is 0 Å². The molecule has 0 spiro atoms. The Morgan fingerprint density at radius 1 is 0.269 bits per heavy atom. The summed E-state index contributed by atoms with van der Waals surface area (Å²) >= 11 is 0. The van der Waals surface area contributed by atoms with Gasteiger partial charge in [-0.1, -0.05) is 164 Å². The number of rotatable bonds is 5. The highest BCUT2D eigenvalue weighted by Gasteiger charge is 2.18. The highest BCUT2D eigenvalue weighted by molar-refractivity contribution is 6.22. The predicted octanol–water partition coefficient (Wildman–Crippen LogP) is 14.0. The molecule has 0 atom stereocenters. The maximum absolute atomic E-state index is 4.46. The van der Waals surface area contributed by atoms with Gasteiger partial charge in [0.25, 0.3) is 0 Å². The van der Waals surface area contributed by atoms with Gasteiger partial charge in [0.05, 0.1) is 0 Å². The second-order valence-electron chi connectivity index (χ2n) is 13.5. The minimum atomic E-state index is 1.13. The molecule has 52 heavy (non-hydrogen) atoms. The number of hydrogen-bond acceptors (Lipinski definition) is 1. The normalized spacial score (nSPS) is 11.5. The molecule has 1 heteroatoms. The summed E-state index contributed by atoms with van der Waals surface area (Å²) < 4.78 is 0. The average molecular weight is 660 g/mol. The summed E-state index contributed by atoms with van der Waals surface area (Å²) in [5, 5.41) is 10.0. The lowest BCUT2D eigenvalue weighted by atomic mass is 9.84. The maximum atomic E-state index is 4.46. The zero-order valence-electron chi connectivity index (χ0n) is 28.5. The van der Waals surface area contributed by atoms with E-state index >= 15 is 0 Å². The molecule has 0 radical (unpaired) electrons. The van der Waals surface area contributed by atoms with E-state index in [0.717, 1.165) is 5.56 Å². The van der Waals surface area contributed by atoms with E-state index in [2.05, 4.69) is 193 Å². The van der Waals surface area contributed by atoms with Crippen LogP contribution in [0.2, 0.25) is 0 Å². The molecule has 1 heterocycles. The van der Waals surface area contributed by atoms with Gasteiger partial charge in [-0.25, -0.2) is 0 Å². The molecular weight excluding hydrogens is 627 g/mol. The molecule has 9 aromatic carbocycles. The fourth-order valence-electron chi connectivity index (χ4n) is 8.01. The van der Waals surface area contributed by atoms with Crippen LogP contribution in [0, 0.1) is 0 Å². The summed E-state index contributed by atoms with van der Waals surface area (Å²) in [6, 6.07) is 68.7. The number of hydrogen-bond donors (Lipinski definition) is 0. The molecule has 0 N–H and O–H groups in total. The molecule has 242 valence electrons. The van der Waals surface area contributed by atoms with Crippen LogP contribution in [0.1, 0.15) is 0 Å². The first-order chi connectivity index (χ1) is 25.8. The third-order valence-corrected chi connectivity index (χ3v) is 10.5. The van der Waals surface area contributed by atoms with Crippen LogP contribution in [-0.4, -0.2) is 4.98 Å². The van der Waals surface area contributed by atoms with E-state index in [9.17, 15) is 0 Å². The molecule has 0 aliphatic rings. The van der Waals surface area contributed by atoms with Gasteiger partial charge in [0.2, 0.25) is 0 Å². The summed E-state index contributed by atoms with van der Waals surface area (Å²) in [5.41, 5.74) is 12.0. The zero-order chi connectivity index (χ0) is 34.4. The van der Waals surface area contributed by atoms with E-state index in [-0.39, 0.29) is 0 Å². The molecule has 0 bridgehead atoms. The van der Waals surface area contributed by atoms with Crippen molar-refractivity contribution in [2.24, 2.45) is 0 Å². The van der Waals surface area contributed by atoms with Gasteiger partial charge >= 0.3 is 0 Å². The lowest BCUT2D eigenvalue weighted by Crippen LogP contribution is -1.92. The molecular formula is C51H33N. The van der Waals surface area contributed by atoms with Gasteiger partial charge < -0.3 is 0 Å². The van der Waals surface area contributed by atoms with Crippen LogP contribution < -0.4 is 0 Å². The van der Waals surface area contributed by atoms with Crippen molar-refractivity contribution < 1.29 is 0 Å². The highest BCUT2D eigenvalue weighted by atomic mass is 14.6. The molecule has 1 aromatic heterocycles. The van der Waals surface area contributed by atoms with E-state index in [0.29, 0.717) is 0 Å². The molecule has 0 aliphatic heterocycles. The third-order valence-electron chi connectivity index (χ3n) is 10.5. The van der Waals surface area contributed by atoms with Crippen LogP contribution in [0.3, 0.4) is 0 Å². The average Bonchev–Trinajstić information content (AvgIpc) is 3.22. The minimum absolute atomic E-state index is 1.13. The summed E-state index contributed by atoms with van der Waals surface area (Å²) in [6.45, 7) is 0. The SMILES string of the molecule is c1ccc(-c2cnccc2-c2ccc(-c3ccc4c(-c5ccc6ccccc6c5)c5ccccc5c(-c5ccc6ccccc6c5)c4c3)cc2)cc1. The van der Waals surface area contributed by atoms with Crippen LogP contribution in [0.5, 0.6) is 0 Å². The molecule has 1 nitrogen and oxygen atoms in total. The van der Waals surface area contributed by atoms with Crippen LogP contribution >= 0.6 is 0 Å².